The van der Waals surface area contributed by atoms with Gasteiger partial charge in [0, 0.05) is 46.3 Å². The highest BCUT2D eigenvalue weighted by Gasteiger charge is 2.48. The highest BCUT2D eigenvalue weighted by molar-refractivity contribution is 6.08. The molecule has 224 valence electrons. The van der Waals surface area contributed by atoms with Crippen LogP contribution in [0, 0.1) is 0 Å². The van der Waals surface area contributed by atoms with Crippen LogP contribution in [0.15, 0.2) is 109 Å². The second kappa shape index (κ2) is 10.6. The van der Waals surface area contributed by atoms with Crippen molar-refractivity contribution in [3.05, 3.63) is 137 Å². The van der Waals surface area contributed by atoms with Crippen molar-refractivity contribution in [2.24, 2.45) is 0 Å². The van der Waals surface area contributed by atoms with E-state index in [1.54, 1.807) is 0 Å². The molecule has 1 saturated heterocycles. The number of nitrogens with zero attached hydrogens (tertiary/aromatic N) is 1. The highest BCUT2D eigenvalue weighted by atomic mass is 16.5. The van der Waals surface area contributed by atoms with Crippen molar-refractivity contribution in [1.82, 2.24) is 0 Å². The number of rotatable bonds is 3. The molecular weight excluding hydrogens is 550 g/mol. The minimum absolute atomic E-state index is 0.0246. The fourth-order valence-electron chi connectivity index (χ4n) is 8.88. The van der Waals surface area contributed by atoms with Crippen molar-refractivity contribution in [2.75, 3.05) is 31.2 Å². The average Bonchev–Trinajstić information content (AvgIpc) is 3.22. The Balaban J connectivity index is 1.27. The Morgan fingerprint density at radius 2 is 1.29 bits per heavy atom. The van der Waals surface area contributed by atoms with Gasteiger partial charge in [-0.05, 0) is 58.7 Å². The molecular formula is C42H39NO2. The van der Waals surface area contributed by atoms with Crippen molar-refractivity contribution in [3.8, 4) is 16.9 Å². The molecule has 4 aliphatic rings. The standard InChI is InChI=1S/C42H39NO2/c1-2-11-24-41(23-10-1)37-17-9-8-16-35(37)38-33-14-6-7-15-34(33)40-36(39(38)41)22-25-42(45-40,30-12-4-3-5-13-30)31-18-20-32(21-19-31)43-26-28-44-29-27-43/h3-9,12-22,25H,1-2,10-11,23-24,26-29H2. The predicted molar refractivity (Wildman–Crippen MR) is 184 cm³/mol. The zero-order valence-electron chi connectivity index (χ0n) is 25.8. The van der Waals surface area contributed by atoms with Crippen molar-refractivity contribution in [2.45, 2.75) is 49.5 Å². The summed E-state index contributed by atoms with van der Waals surface area (Å²) in [5.41, 5.74) is 9.95. The minimum Gasteiger partial charge on any atom is -0.472 e. The number of ether oxygens (including phenoxy) is 2. The van der Waals surface area contributed by atoms with Crippen molar-refractivity contribution >= 4 is 22.5 Å². The van der Waals surface area contributed by atoms with Crippen LogP contribution in [0.4, 0.5) is 5.69 Å². The SMILES string of the molecule is C1=CC(c2ccccc2)(c2ccc(N3CCOCC3)cc2)Oc2c1c1c(c3ccccc23)-c2ccccc2C12CCCCCC2. The average molecular weight is 590 g/mol. The summed E-state index contributed by atoms with van der Waals surface area (Å²) in [6.45, 7) is 3.41. The third kappa shape index (κ3) is 4.06. The van der Waals surface area contributed by atoms with Gasteiger partial charge in [0.25, 0.3) is 0 Å². The Bertz CT molecular complexity index is 1910. The maximum Gasteiger partial charge on any atom is 0.178 e. The fraction of sp³-hybridized carbons (Fsp3) is 0.286. The molecule has 0 N–H and O–H groups in total. The maximum atomic E-state index is 7.56. The summed E-state index contributed by atoms with van der Waals surface area (Å²) < 4.78 is 13.2. The van der Waals surface area contributed by atoms with E-state index in [-0.39, 0.29) is 5.41 Å². The molecule has 1 unspecified atom stereocenters. The van der Waals surface area contributed by atoms with Crippen LogP contribution in [0.2, 0.25) is 0 Å². The maximum absolute atomic E-state index is 7.56. The molecule has 45 heavy (non-hydrogen) atoms. The van der Waals surface area contributed by atoms with Crippen molar-refractivity contribution in [3.63, 3.8) is 0 Å². The van der Waals surface area contributed by atoms with Crippen LogP contribution >= 0.6 is 0 Å². The summed E-state index contributed by atoms with van der Waals surface area (Å²) in [4.78, 5) is 2.41. The topological polar surface area (TPSA) is 21.7 Å². The zero-order chi connectivity index (χ0) is 29.8. The van der Waals surface area contributed by atoms with E-state index in [9.17, 15) is 0 Å². The van der Waals surface area contributed by atoms with Crippen LogP contribution in [0.25, 0.3) is 28.0 Å². The summed E-state index contributed by atoms with van der Waals surface area (Å²) in [7, 11) is 0. The molecule has 2 fully saturated rings. The Labute approximate surface area is 266 Å². The molecule has 3 heteroatoms. The lowest BCUT2D eigenvalue weighted by molar-refractivity contribution is 0.122. The molecule has 9 rings (SSSR count). The summed E-state index contributed by atoms with van der Waals surface area (Å²) >= 11 is 0. The Morgan fingerprint density at radius 3 is 2.07 bits per heavy atom. The lowest BCUT2D eigenvalue weighted by Crippen LogP contribution is -2.37. The van der Waals surface area contributed by atoms with Crippen LogP contribution in [0.3, 0.4) is 0 Å². The lowest BCUT2D eigenvalue weighted by Gasteiger charge is -2.40. The van der Waals surface area contributed by atoms with E-state index >= 15 is 0 Å². The van der Waals surface area contributed by atoms with Crippen LogP contribution in [-0.4, -0.2) is 26.3 Å². The van der Waals surface area contributed by atoms with E-state index in [4.69, 9.17) is 9.47 Å². The summed E-state index contributed by atoms with van der Waals surface area (Å²) in [6, 6.07) is 38.0. The van der Waals surface area contributed by atoms with Gasteiger partial charge in [-0.15, -0.1) is 0 Å². The molecule has 5 aromatic rings. The number of hydrogen-bond donors (Lipinski definition) is 0. The highest BCUT2D eigenvalue weighted by Crippen LogP contribution is 2.61. The predicted octanol–water partition coefficient (Wildman–Crippen LogP) is 9.65. The second-order valence-corrected chi connectivity index (χ2v) is 13.3. The van der Waals surface area contributed by atoms with E-state index < -0.39 is 5.60 Å². The van der Waals surface area contributed by atoms with Gasteiger partial charge >= 0.3 is 0 Å². The number of benzene rings is 5. The largest absolute Gasteiger partial charge is 0.472 e. The Morgan fingerprint density at radius 1 is 0.622 bits per heavy atom. The monoisotopic (exact) mass is 589 g/mol. The van der Waals surface area contributed by atoms with Crippen LogP contribution in [0.5, 0.6) is 5.75 Å². The molecule has 1 saturated carbocycles. The van der Waals surface area contributed by atoms with Gasteiger partial charge in [-0.25, -0.2) is 0 Å². The first kappa shape index (κ1) is 27.0. The molecule has 0 amide bonds. The first-order valence-corrected chi connectivity index (χ1v) is 16.8. The third-order valence-corrected chi connectivity index (χ3v) is 11.0. The van der Waals surface area contributed by atoms with Gasteiger partial charge in [-0.1, -0.05) is 123 Å². The second-order valence-electron chi connectivity index (χ2n) is 13.3. The third-order valence-electron chi connectivity index (χ3n) is 11.0. The first-order valence-electron chi connectivity index (χ1n) is 16.8. The molecule has 5 aromatic carbocycles. The normalized spacial score (nSPS) is 21.6. The smallest absolute Gasteiger partial charge is 0.178 e. The molecule has 2 heterocycles. The van der Waals surface area contributed by atoms with Gasteiger partial charge in [0.15, 0.2) is 5.60 Å². The van der Waals surface area contributed by atoms with Gasteiger partial charge in [0.2, 0.25) is 0 Å². The zero-order valence-corrected chi connectivity index (χ0v) is 25.8. The van der Waals surface area contributed by atoms with E-state index in [0.29, 0.717) is 0 Å². The molecule has 2 aliphatic heterocycles. The molecule has 3 nitrogen and oxygen atoms in total. The molecule has 0 bridgehead atoms. The molecule has 0 aromatic heterocycles. The number of hydrogen-bond acceptors (Lipinski definition) is 3. The van der Waals surface area contributed by atoms with Crippen LogP contribution in [-0.2, 0) is 15.8 Å². The van der Waals surface area contributed by atoms with E-state index in [1.165, 1.54) is 82.8 Å². The fourth-order valence-corrected chi connectivity index (χ4v) is 8.88. The van der Waals surface area contributed by atoms with Crippen LogP contribution in [0.1, 0.15) is 66.3 Å². The van der Waals surface area contributed by atoms with Crippen LogP contribution < -0.4 is 9.64 Å². The molecule has 1 atom stereocenters. The lowest BCUT2D eigenvalue weighted by atomic mass is 9.70. The summed E-state index contributed by atoms with van der Waals surface area (Å²) in [5, 5.41) is 2.50. The molecule has 2 aliphatic carbocycles. The van der Waals surface area contributed by atoms with Gasteiger partial charge in [0.1, 0.15) is 5.75 Å². The number of morpholine rings is 1. The summed E-state index contributed by atoms with van der Waals surface area (Å²) in [6.07, 6.45) is 12.3. The van der Waals surface area contributed by atoms with Gasteiger partial charge in [-0.3, -0.25) is 0 Å². The molecule has 1 spiro atoms. The molecule has 0 radical (unpaired) electrons. The van der Waals surface area contributed by atoms with Gasteiger partial charge < -0.3 is 14.4 Å². The van der Waals surface area contributed by atoms with E-state index in [0.717, 1.165) is 43.2 Å². The van der Waals surface area contributed by atoms with Crippen molar-refractivity contribution in [1.29, 1.82) is 0 Å². The first-order chi connectivity index (χ1) is 22.3. The quantitative estimate of drug-likeness (QED) is 0.209. The van der Waals surface area contributed by atoms with E-state index in [2.05, 4.69) is 120 Å². The van der Waals surface area contributed by atoms with Crippen molar-refractivity contribution < 1.29 is 9.47 Å². The van der Waals surface area contributed by atoms with Gasteiger partial charge in [-0.2, -0.15) is 0 Å². The van der Waals surface area contributed by atoms with E-state index in [1.807, 2.05) is 0 Å². The number of anilines is 1. The Kier molecular flexibility index (Phi) is 6.38. The minimum atomic E-state index is -0.739. The Hall–Kier alpha value is -4.34. The number of fused-ring (bicyclic) bond motifs is 10. The van der Waals surface area contributed by atoms with Gasteiger partial charge in [0.05, 0.1) is 13.2 Å². The summed E-state index contributed by atoms with van der Waals surface area (Å²) in [5.74, 6) is 1.02.